The van der Waals surface area contributed by atoms with Crippen molar-refractivity contribution in [2.24, 2.45) is 0 Å². The van der Waals surface area contributed by atoms with Gasteiger partial charge in [0.25, 0.3) is 0 Å². The topological polar surface area (TPSA) is 46.9 Å². The molecule has 0 spiro atoms. The van der Waals surface area contributed by atoms with E-state index in [9.17, 15) is 4.79 Å². The number of rotatable bonds is 3. The van der Waals surface area contributed by atoms with Gasteiger partial charge in [0.2, 0.25) is 5.91 Å². The van der Waals surface area contributed by atoms with E-state index in [1.54, 1.807) is 41.5 Å². The first-order valence-electron chi connectivity index (χ1n) is 4.85. The zero-order chi connectivity index (χ0) is 12.3. The van der Waals surface area contributed by atoms with Crippen LogP contribution in [0.5, 0.6) is 0 Å². The van der Waals surface area contributed by atoms with Gasteiger partial charge in [0.1, 0.15) is 5.88 Å². The molecule has 0 unspecified atom stereocenters. The number of hydrogen-bond donors (Lipinski definition) is 1. The zero-order valence-corrected chi connectivity index (χ0v) is 10.2. The van der Waals surface area contributed by atoms with Crippen molar-refractivity contribution in [2.75, 3.05) is 11.2 Å². The molecule has 0 aliphatic heterocycles. The normalized spacial score (nSPS) is 10.2. The Bertz CT molecular complexity index is 526. The lowest BCUT2D eigenvalue weighted by Gasteiger charge is -2.12. The van der Waals surface area contributed by atoms with Gasteiger partial charge in [-0.3, -0.25) is 4.79 Å². The van der Waals surface area contributed by atoms with Crippen LogP contribution >= 0.6 is 23.2 Å². The summed E-state index contributed by atoms with van der Waals surface area (Å²) >= 11 is 11.6. The fourth-order valence-corrected chi connectivity index (χ4v) is 1.79. The van der Waals surface area contributed by atoms with Crippen LogP contribution in [-0.4, -0.2) is 21.3 Å². The van der Waals surface area contributed by atoms with E-state index in [1.807, 2.05) is 0 Å². The number of imidazole rings is 1. The van der Waals surface area contributed by atoms with E-state index < -0.39 is 0 Å². The van der Waals surface area contributed by atoms with Gasteiger partial charge in [-0.1, -0.05) is 17.7 Å². The van der Waals surface area contributed by atoms with E-state index in [1.165, 1.54) is 0 Å². The fourth-order valence-electron chi connectivity index (χ4n) is 1.45. The summed E-state index contributed by atoms with van der Waals surface area (Å²) in [5, 5.41) is 3.21. The molecule has 0 fully saturated rings. The summed E-state index contributed by atoms with van der Waals surface area (Å²) in [6, 6.07) is 5.26. The van der Waals surface area contributed by atoms with Gasteiger partial charge in [-0.05, 0) is 12.1 Å². The number of halogens is 2. The zero-order valence-electron chi connectivity index (χ0n) is 8.73. The van der Waals surface area contributed by atoms with Gasteiger partial charge in [0.15, 0.2) is 0 Å². The number of carbonyl (C=O) groups excluding carboxylic acids is 1. The molecule has 17 heavy (non-hydrogen) atoms. The molecule has 0 radical (unpaired) electrons. The van der Waals surface area contributed by atoms with Crippen molar-refractivity contribution < 1.29 is 4.79 Å². The van der Waals surface area contributed by atoms with Crippen molar-refractivity contribution in [3.63, 3.8) is 0 Å². The minimum atomic E-state index is -0.282. The summed E-state index contributed by atoms with van der Waals surface area (Å²) in [7, 11) is 0. The van der Waals surface area contributed by atoms with E-state index in [4.69, 9.17) is 23.2 Å². The van der Waals surface area contributed by atoms with Gasteiger partial charge in [-0.15, -0.1) is 11.6 Å². The van der Waals surface area contributed by atoms with Crippen LogP contribution in [0.2, 0.25) is 5.02 Å². The Kier molecular flexibility index (Phi) is 3.66. The van der Waals surface area contributed by atoms with Gasteiger partial charge in [-0.2, -0.15) is 0 Å². The van der Waals surface area contributed by atoms with Crippen LogP contribution in [0.25, 0.3) is 5.69 Å². The molecule has 2 aromatic rings. The first-order valence-corrected chi connectivity index (χ1v) is 5.76. The highest BCUT2D eigenvalue weighted by atomic mass is 35.5. The molecule has 1 N–H and O–H groups in total. The molecule has 0 atom stereocenters. The highest BCUT2D eigenvalue weighted by molar-refractivity contribution is 6.33. The summed E-state index contributed by atoms with van der Waals surface area (Å²) in [5.74, 6) is -0.383. The predicted octanol–water partition coefficient (Wildman–Crippen LogP) is 2.70. The standard InChI is InChI=1S/C11H9Cl2N3O/c12-6-10(17)15-9-3-1-2-8(13)11(9)16-5-4-14-7-16/h1-5,7H,6H2,(H,15,17). The molecule has 0 saturated carbocycles. The number of nitrogens with one attached hydrogen (secondary N) is 1. The number of carbonyl (C=O) groups is 1. The molecule has 1 heterocycles. The average Bonchev–Trinajstić information content (AvgIpc) is 2.82. The summed E-state index contributed by atoms with van der Waals surface area (Å²) < 4.78 is 1.73. The van der Waals surface area contributed by atoms with E-state index in [2.05, 4.69) is 10.3 Å². The molecule has 2 rings (SSSR count). The van der Waals surface area contributed by atoms with Gasteiger partial charge >= 0.3 is 0 Å². The second kappa shape index (κ2) is 5.21. The Hall–Kier alpha value is -1.52. The van der Waals surface area contributed by atoms with Crippen LogP contribution in [0.15, 0.2) is 36.9 Å². The van der Waals surface area contributed by atoms with Crippen LogP contribution in [-0.2, 0) is 4.79 Å². The number of benzene rings is 1. The summed E-state index contributed by atoms with van der Waals surface area (Å²) in [5.41, 5.74) is 1.27. The second-order valence-electron chi connectivity index (χ2n) is 3.29. The van der Waals surface area contributed by atoms with Crippen LogP contribution in [0.3, 0.4) is 0 Å². The Morgan fingerprint density at radius 3 is 2.94 bits per heavy atom. The maximum absolute atomic E-state index is 11.3. The average molecular weight is 270 g/mol. The summed E-state index contributed by atoms with van der Waals surface area (Å²) in [6.45, 7) is 0. The lowest BCUT2D eigenvalue weighted by molar-refractivity contribution is -0.113. The highest BCUT2D eigenvalue weighted by Gasteiger charge is 2.10. The Morgan fingerprint density at radius 1 is 1.47 bits per heavy atom. The minimum Gasteiger partial charge on any atom is -0.323 e. The first-order chi connectivity index (χ1) is 8.22. The molecule has 88 valence electrons. The number of hydrogen-bond acceptors (Lipinski definition) is 2. The number of anilines is 1. The fraction of sp³-hybridized carbons (Fsp3) is 0.0909. The third-order valence-electron chi connectivity index (χ3n) is 2.14. The van der Waals surface area contributed by atoms with Crippen molar-refractivity contribution in [2.45, 2.75) is 0 Å². The SMILES string of the molecule is O=C(CCl)Nc1cccc(Cl)c1-n1ccnc1. The third-order valence-corrected chi connectivity index (χ3v) is 2.69. The van der Waals surface area contributed by atoms with Gasteiger partial charge < -0.3 is 9.88 Å². The molecule has 0 aliphatic carbocycles. The maximum Gasteiger partial charge on any atom is 0.239 e. The number of para-hydroxylation sites is 1. The maximum atomic E-state index is 11.3. The van der Waals surface area contributed by atoms with E-state index >= 15 is 0 Å². The molecular weight excluding hydrogens is 261 g/mol. The van der Waals surface area contributed by atoms with Crippen molar-refractivity contribution in [1.29, 1.82) is 0 Å². The lowest BCUT2D eigenvalue weighted by atomic mass is 10.2. The number of nitrogens with zero attached hydrogens (tertiary/aromatic N) is 2. The lowest BCUT2D eigenvalue weighted by Crippen LogP contribution is -2.14. The molecule has 1 amide bonds. The van der Waals surface area contributed by atoms with E-state index in [-0.39, 0.29) is 11.8 Å². The van der Waals surface area contributed by atoms with Crippen LogP contribution in [0, 0.1) is 0 Å². The molecule has 1 aromatic heterocycles. The number of alkyl halides is 1. The molecule has 4 nitrogen and oxygen atoms in total. The van der Waals surface area contributed by atoms with Gasteiger partial charge in [0, 0.05) is 12.4 Å². The molecule has 1 aromatic carbocycles. The smallest absolute Gasteiger partial charge is 0.239 e. The van der Waals surface area contributed by atoms with Crippen LogP contribution in [0.1, 0.15) is 0 Å². The third kappa shape index (κ3) is 2.60. The van der Waals surface area contributed by atoms with Crippen LogP contribution < -0.4 is 5.32 Å². The Morgan fingerprint density at radius 2 is 2.29 bits per heavy atom. The van der Waals surface area contributed by atoms with Crippen molar-refractivity contribution in [3.8, 4) is 5.69 Å². The second-order valence-corrected chi connectivity index (χ2v) is 3.96. The quantitative estimate of drug-likeness (QED) is 0.871. The van der Waals surface area contributed by atoms with Crippen molar-refractivity contribution in [1.82, 2.24) is 9.55 Å². The minimum absolute atomic E-state index is 0.101. The molecule has 0 aliphatic rings. The Balaban J connectivity index is 2.45. The molecule has 0 saturated heterocycles. The monoisotopic (exact) mass is 269 g/mol. The largest absolute Gasteiger partial charge is 0.323 e. The van der Waals surface area contributed by atoms with E-state index in [0.717, 1.165) is 0 Å². The highest BCUT2D eigenvalue weighted by Crippen LogP contribution is 2.28. The van der Waals surface area contributed by atoms with Gasteiger partial charge in [0.05, 0.1) is 22.7 Å². The van der Waals surface area contributed by atoms with Crippen molar-refractivity contribution >= 4 is 34.8 Å². The number of amides is 1. The molecular formula is C11H9Cl2N3O. The predicted molar refractivity (Wildman–Crippen MR) is 67.9 cm³/mol. The Labute approximate surface area is 108 Å². The van der Waals surface area contributed by atoms with E-state index in [0.29, 0.717) is 16.4 Å². The first kappa shape index (κ1) is 12.0. The summed E-state index contributed by atoms with van der Waals surface area (Å²) in [6.07, 6.45) is 4.99. The number of aromatic nitrogens is 2. The molecule has 0 bridgehead atoms. The summed E-state index contributed by atoms with van der Waals surface area (Å²) in [4.78, 5) is 15.2. The van der Waals surface area contributed by atoms with Crippen molar-refractivity contribution in [3.05, 3.63) is 41.9 Å². The van der Waals surface area contributed by atoms with Gasteiger partial charge in [-0.25, -0.2) is 4.98 Å². The molecule has 6 heteroatoms. The van der Waals surface area contributed by atoms with Crippen LogP contribution in [0.4, 0.5) is 5.69 Å².